The van der Waals surface area contributed by atoms with Crippen molar-refractivity contribution in [3.8, 4) is 0 Å². The molecule has 2 unspecified atom stereocenters. The van der Waals surface area contributed by atoms with Crippen LogP contribution in [0.15, 0.2) is 6.20 Å². The molecule has 3 nitrogen and oxygen atoms in total. The van der Waals surface area contributed by atoms with Crippen LogP contribution in [0.25, 0.3) is 0 Å². The largest absolute Gasteiger partial charge is 0.345 e. The fourth-order valence-electron chi connectivity index (χ4n) is 2.62. The molecule has 2 saturated heterocycles. The molecule has 2 aliphatic rings. The molecule has 2 fully saturated rings. The number of H-pyrrole nitrogens is 1. The van der Waals surface area contributed by atoms with Crippen LogP contribution in [0.3, 0.4) is 0 Å². The van der Waals surface area contributed by atoms with Crippen LogP contribution >= 0.6 is 11.8 Å². The van der Waals surface area contributed by atoms with E-state index in [1.54, 1.807) is 0 Å². The lowest BCUT2D eigenvalue weighted by Crippen LogP contribution is -2.21. The van der Waals surface area contributed by atoms with Crippen LogP contribution in [-0.2, 0) is 5.41 Å². The molecule has 2 N–H and O–H groups in total. The third kappa shape index (κ3) is 1.78. The fourth-order valence-corrected chi connectivity index (χ4v) is 4.11. The summed E-state index contributed by atoms with van der Waals surface area (Å²) in [4.78, 5) is 8.16. The van der Waals surface area contributed by atoms with E-state index in [0.717, 1.165) is 13.1 Å². The minimum atomic E-state index is 0.335. The first kappa shape index (κ1) is 10.7. The molecule has 0 aromatic carbocycles. The van der Waals surface area contributed by atoms with Gasteiger partial charge in [0.05, 0.1) is 0 Å². The van der Waals surface area contributed by atoms with E-state index in [4.69, 9.17) is 0 Å². The van der Waals surface area contributed by atoms with Gasteiger partial charge in [-0.05, 0) is 25.1 Å². The molecule has 2 aliphatic heterocycles. The van der Waals surface area contributed by atoms with E-state index in [2.05, 4.69) is 40.2 Å². The van der Waals surface area contributed by atoms with Gasteiger partial charge in [0.2, 0.25) is 0 Å². The number of imidazole rings is 1. The van der Waals surface area contributed by atoms with E-state index in [-0.39, 0.29) is 0 Å². The Morgan fingerprint density at radius 2 is 2.50 bits per heavy atom. The van der Waals surface area contributed by atoms with Crippen molar-refractivity contribution < 1.29 is 0 Å². The van der Waals surface area contributed by atoms with Crippen molar-refractivity contribution in [1.29, 1.82) is 0 Å². The molecule has 88 valence electrons. The third-order valence-electron chi connectivity index (χ3n) is 3.91. The van der Waals surface area contributed by atoms with Gasteiger partial charge in [-0.25, -0.2) is 4.98 Å². The zero-order valence-corrected chi connectivity index (χ0v) is 10.6. The van der Waals surface area contributed by atoms with E-state index >= 15 is 0 Å². The van der Waals surface area contributed by atoms with E-state index in [0.29, 0.717) is 11.3 Å². The molecule has 16 heavy (non-hydrogen) atoms. The fraction of sp³-hybridized carbons (Fsp3) is 0.750. The molecule has 0 bridgehead atoms. The number of rotatable bonds is 2. The van der Waals surface area contributed by atoms with Crippen LogP contribution in [0, 0.1) is 0 Å². The molecule has 4 heteroatoms. The topological polar surface area (TPSA) is 40.7 Å². The number of aromatic amines is 1. The normalized spacial score (nSPS) is 34.7. The highest BCUT2D eigenvalue weighted by molar-refractivity contribution is 7.99. The number of nitrogens with zero attached hydrogens (tertiary/aromatic N) is 1. The average Bonchev–Trinajstić information content (AvgIpc) is 2.98. The summed E-state index contributed by atoms with van der Waals surface area (Å²) in [5.41, 5.74) is 1.68. The van der Waals surface area contributed by atoms with Crippen LogP contribution in [0.1, 0.15) is 37.2 Å². The second-order valence-electron chi connectivity index (χ2n) is 5.24. The highest BCUT2D eigenvalue weighted by Crippen LogP contribution is 2.38. The van der Waals surface area contributed by atoms with Gasteiger partial charge >= 0.3 is 0 Å². The number of hydrogen-bond donors (Lipinski definition) is 2. The molecule has 1 aromatic heterocycles. The molecule has 3 rings (SSSR count). The molecular formula is C12H19N3S. The summed E-state index contributed by atoms with van der Waals surface area (Å²) in [6.07, 6.45) is 4.57. The van der Waals surface area contributed by atoms with E-state index in [9.17, 15) is 0 Å². The lowest BCUT2D eigenvalue weighted by Gasteiger charge is -2.20. The lowest BCUT2D eigenvalue weighted by molar-refractivity contribution is 0.523. The first-order valence-corrected chi connectivity index (χ1v) is 7.27. The van der Waals surface area contributed by atoms with Crippen LogP contribution in [0.4, 0.5) is 0 Å². The lowest BCUT2D eigenvalue weighted by atomic mass is 9.87. The summed E-state index contributed by atoms with van der Waals surface area (Å²) >= 11 is 2.06. The third-order valence-corrected chi connectivity index (χ3v) is 5.25. The smallest absolute Gasteiger partial charge is 0.110 e. The summed E-state index contributed by atoms with van der Waals surface area (Å²) in [5, 5.41) is 3.40. The van der Waals surface area contributed by atoms with Crippen LogP contribution < -0.4 is 5.32 Å². The standard InChI is InChI=1S/C12H19N3S/c1-12(3-5-16-8-12)10-7-14-11(15-10)9-2-4-13-6-9/h7,9,13H,2-6,8H2,1H3,(H,14,15). The van der Waals surface area contributed by atoms with Crippen molar-refractivity contribution >= 4 is 11.8 Å². The van der Waals surface area contributed by atoms with Crippen molar-refractivity contribution in [1.82, 2.24) is 15.3 Å². The van der Waals surface area contributed by atoms with Crippen molar-refractivity contribution in [2.24, 2.45) is 0 Å². The second-order valence-corrected chi connectivity index (χ2v) is 6.34. The highest BCUT2D eigenvalue weighted by atomic mass is 32.2. The van der Waals surface area contributed by atoms with Gasteiger partial charge in [0.15, 0.2) is 0 Å². The monoisotopic (exact) mass is 237 g/mol. The Hall–Kier alpha value is -0.480. The zero-order chi connectivity index (χ0) is 11.0. The molecule has 1 aromatic rings. The number of aromatic nitrogens is 2. The number of hydrogen-bond acceptors (Lipinski definition) is 3. The van der Waals surface area contributed by atoms with Crippen molar-refractivity contribution in [2.45, 2.75) is 31.1 Å². The van der Waals surface area contributed by atoms with E-state index in [1.807, 2.05) is 0 Å². The van der Waals surface area contributed by atoms with Gasteiger partial charge in [0, 0.05) is 35.5 Å². The van der Waals surface area contributed by atoms with Crippen LogP contribution in [0.2, 0.25) is 0 Å². The van der Waals surface area contributed by atoms with Gasteiger partial charge in [-0.15, -0.1) is 0 Å². The predicted molar refractivity (Wildman–Crippen MR) is 68.1 cm³/mol. The Morgan fingerprint density at radius 1 is 1.56 bits per heavy atom. The van der Waals surface area contributed by atoms with Crippen molar-refractivity contribution in [3.05, 3.63) is 17.7 Å². The molecule has 3 heterocycles. The summed E-state index contributed by atoms with van der Waals surface area (Å²) in [5.74, 6) is 4.32. The molecule has 0 saturated carbocycles. The molecule has 0 aliphatic carbocycles. The Morgan fingerprint density at radius 3 is 3.19 bits per heavy atom. The van der Waals surface area contributed by atoms with E-state index < -0.39 is 0 Å². The second kappa shape index (κ2) is 4.08. The van der Waals surface area contributed by atoms with Gasteiger partial charge in [-0.2, -0.15) is 11.8 Å². The minimum absolute atomic E-state index is 0.335. The first-order valence-electron chi connectivity index (χ1n) is 6.12. The maximum absolute atomic E-state index is 4.58. The van der Waals surface area contributed by atoms with Gasteiger partial charge in [0.1, 0.15) is 5.82 Å². The Kier molecular flexibility index (Phi) is 2.72. The summed E-state index contributed by atoms with van der Waals surface area (Å²) in [7, 11) is 0. The van der Waals surface area contributed by atoms with Gasteiger partial charge in [0.25, 0.3) is 0 Å². The Balaban J connectivity index is 1.81. The molecule has 2 atom stereocenters. The summed E-state index contributed by atoms with van der Waals surface area (Å²) in [6.45, 7) is 4.57. The van der Waals surface area contributed by atoms with E-state index in [1.165, 1.54) is 35.9 Å². The minimum Gasteiger partial charge on any atom is -0.345 e. The molecular weight excluding hydrogens is 218 g/mol. The maximum Gasteiger partial charge on any atom is 0.110 e. The van der Waals surface area contributed by atoms with Crippen molar-refractivity contribution in [3.63, 3.8) is 0 Å². The predicted octanol–water partition coefficient (Wildman–Crippen LogP) is 1.88. The van der Waals surface area contributed by atoms with Crippen LogP contribution in [0.5, 0.6) is 0 Å². The SMILES string of the molecule is CC1(c2cnc(C3CCNC3)[nH]2)CCSC1. The zero-order valence-electron chi connectivity index (χ0n) is 9.75. The highest BCUT2D eigenvalue weighted by Gasteiger charge is 2.33. The first-order chi connectivity index (χ1) is 7.78. The Bertz CT molecular complexity index is 362. The molecule has 0 amide bonds. The number of thioether (sulfide) groups is 1. The quantitative estimate of drug-likeness (QED) is 0.825. The molecule has 0 spiro atoms. The maximum atomic E-state index is 4.58. The van der Waals surface area contributed by atoms with Crippen LogP contribution in [-0.4, -0.2) is 34.6 Å². The van der Waals surface area contributed by atoms with Gasteiger partial charge < -0.3 is 10.3 Å². The summed E-state index contributed by atoms with van der Waals surface area (Å²) < 4.78 is 0. The van der Waals surface area contributed by atoms with Gasteiger partial charge in [-0.1, -0.05) is 6.92 Å². The van der Waals surface area contributed by atoms with Gasteiger partial charge in [-0.3, -0.25) is 0 Å². The average molecular weight is 237 g/mol. The van der Waals surface area contributed by atoms with Crippen molar-refractivity contribution in [2.75, 3.05) is 24.6 Å². The number of nitrogens with one attached hydrogen (secondary N) is 2. The Labute approximate surface area is 101 Å². The summed E-state index contributed by atoms with van der Waals surface area (Å²) in [6, 6.07) is 0. The molecule has 0 radical (unpaired) electrons.